The first-order valence-electron chi connectivity index (χ1n) is 8.56. The maximum atomic E-state index is 12.2. The van der Waals surface area contributed by atoms with Crippen LogP contribution in [0.4, 0.5) is 5.69 Å². The van der Waals surface area contributed by atoms with Crippen LogP contribution in [0.3, 0.4) is 0 Å². The van der Waals surface area contributed by atoms with Crippen LogP contribution in [-0.2, 0) is 0 Å². The predicted molar refractivity (Wildman–Crippen MR) is 118 cm³/mol. The van der Waals surface area contributed by atoms with E-state index in [0.29, 0.717) is 21.5 Å². The number of thiocarbonyl (C=S) groups is 1. The molecule has 0 aliphatic carbocycles. The van der Waals surface area contributed by atoms with Gasteiger partial charge in [0.25, 0.3) is 17.7 Å². The normalized spacial score (nSPS) is 10.0. The summed E-state index contributed by atoms with van der Waals surface area (Å²) in [4.78, 5) is 36.3. The third-order valence-electron chi connectivity index (χ3n) is 3.75. The van der Waals surface area contributed by atoms with Crippen molar-refractivity contribution in [1.29, 1.82) is 0 Å². The highest BCUT2D eigenvalue weighted by Gasteiger charge is 2.13. The van der Waals surface area contributed by atoms with Crippen LogP contribution in [0.25, 0.3) is 0 Å². The van der Waals surface area contributed by atoms with Crippen molar-refractivity contribution in [2.24, 2.45) is 0 Å². The monoisotopic (exact) mass is 486 g/mol. The van der Waals surface area contributed by atoms with Crippen molar-refractivity contribution in [3.63, 3.8) is 0 Å². The van der Waals surface area contributed by atoms with Crippen LogP contribution in [0.1, 0.15) is 31.3 Å². The van der Waals surface area contributed by atoms with Crippen molar-refractivity contribution in [1.82, 2.24) is 16.2 Å². The van der Waals surface area contributed by atoms with Crippen molar-refractivity contribution < 1.29 is 18.8 Å². The number of furan rings is 1. The van der Waals surface area contributed by atoms with Crippen LogP contribution in [0.15, 0.2) is 75.8 Å². The molecule has 1 aromatic heterocycles. The lowest BCUT2D eigenvalue weighted by atomic mass is 10.2. The van der Waals surface area contributed by atoms with Gasteiger partial charge in [0.1, 0.15) is 0 Å². The largest absolute Gasteiger partial charge is 0.444 e. The lowest BCUT2D eigenvalue weighted by Gasteiger charge is -2.10. The molecule has 0 spiro atoms. The van der Waals surface area contributed by atoms with Gasteiger partial charge >= 0.3 is 0 Å². The van der Waals surface area contributed by atoms with Crippen LogP contribution >= 0.6 is 28.1 Å². The third-order valence-corrected chi connectivity index (χ3v) is 4.38. The summed E-state index contributed by atoms with van der Waals surface area (Å²) in [5.41, 5.74) is 6.20. The summed E-state index contributed by atoms with van der Waals surface area (Å²) in [6, 6.07) is 18.1. The highest BCUT2D eigenvalue weighted by Crippen LogP contribution is 2.14. The smallest absolute Gasteiger partial charge is 0.293 e. The summed E-state index contributed by atoms with van der Waals surface area (Å²) >= 11 is 8.06. The number of amides is 3. The molecule has 0 fully saturated rings. The highest BCUT2D eigenvalue weighted by atomic mass is 79.9. The number of anilines is 1. The van der Waals surface area contributed by atoms with Crippen molar-refractivity contribution >= 4 is 56.7 Å². The van der Waals surface area contributed by atoms with E-state index in [1.54, 1.807) is 54.6 Å². The number of hydrogen-bond acceptors (Lipinski definition) is 5. The molecule has 0 radical (unpaired) electrons. The van der Waals surface area contributed by atoms with Gasteiger partial charge < -0.3 is 9.73 Å². The van der Waals surface area contributed by atoms with Crippen LogP contribution in [0.5, 0.6) is 0 Å². The van der Waals surface area contributed by atoms with E-state index in [9.17, 15) is 14.4 Å². The average molecular weight is 487 g/mol. The molecule has 0 aliphatic heterocycles. The first kappa shape index (κ1) is 21.2. The summed E-state index contributed by atoms with van der Waals surface area (Å²) < 4.78 is 5.51. The number of carbonyl (C=O) groups excluding carboxylic acids is 3. The Bertz CT molecular complexity index is 1080. The molecule has 152 valence electrons. The van der Waals surface area contributed by atoms with Gasteiger partial charge in [-0.05, 0) is 76.7 Å². The van der Waals surface area contributed by atoms with E-state index in [0.717, 1.165) is 0 Å². The Morgan fingerprint density at radius 2 is 1.43 bits per heavy atom. The summed E-state index contributed by atoms with van der Waals surface area (Å²) in [6.45, 7) is 0. The van der Waals surface area contributed by atoms with E-state index in [4.69, 9.17) is 16.6 Å². The Balaban J connectivity index is 1.49. The maximum absolute atomic E-state index is 12.2. The molecule has 10 heteroatoms. The van der Waals surface area contributed by atoms with E-state index in [-0.39, 0.29) is 16.8 Å². The van der Waals surface area contributed by atoms with Gasteiger partial charge in [0.05, 0.1) is 0 Å². The van der Waals surface area contributed by atoms with E-state index in [1.165, 1.54) is 6.07 Å². The Morgan fingerprint density at radius 1 is 0.767 bits per heavy atom. The zero-order valence-corrected chi connectivity index (χ0v) is 17.7. The Morgan fingerprint density at radius 3 is 2.07 bits per heavy atom. The number of hydrogen-bond donors (Lipinski definition) is 4. The Hall–Kier alpha value is -3.50. The van der Waals surface area contributed by atoms with Gasteiger partial charge in [0.2, 0.25) is 0 Å². The summed E-state index contributed by atoms with van der Waals surface area (Å²) in [5.74, 6) is -1.23. The quantitative estimate of drug-likeness (QED) is 0.332. The van der Waals surface area contributed by atoms with Gasteiger partial charge in [-0.2, -0.15) is 0 Å². The second kappa shape index (κ2) is 9.81. The van der Waals surface area contributed by atoms with Gasteiger partial charge in [0.15, 0.2) is 15.5 Å². The molecule has 0 aliphatic rings. The highest BCUT2D eigenvalue weighted by molar-refractivity contribution is 9.10. The number of rotatable bonds is 4. The first-order chi connectivity index (χ1) is 14.4. The van der Waals surface area contributed by atoms with Gasteiger partial charge in [-0.3, -0.25) is 30.6 Å². The lowest BCUT2D eigenvalue weighted by molar-refractivity contribution is 0.0926. The minimum absolute atomic E-state index is 0.0606. The number of benzene rings is 2. The van der Waals surface area contributed by atoms with Crippen LogP contribution in [0, 0.1) is 0 Å². The molecule has 0 atom stereocenters. The average Bonchev–Trinajstić information content (AvgIpc) is 3.19. The zero-order chi connectivity index (χ0) is 21.5. The first-order valence-corrected chi connectivity index (χ1v) is 9.76. The molecule has 1 heterocycles. The lowest BCUT2D eigenvalue weighted by Crippen LogP contribution is -2.48. The fourth-order valence-corrected chi connectivity index (χ4v) is 2.77. The van der Waals surface area contributed by atoms with Gasteiger partial charge in [-0.25, -0.2) is 0 Å². The number of hydrazine groups is 1. The van der Waals surface area contributed by atoms with Crippen molar-refractivity contribution in [2.45, 2.75) is 0 Å². The van der Waals surface area contributed by atoms with Crippen molar-refractivity contribution in [3.8, 4) is 0 Å². The van der Waals surface area contributed by atoms with Crippen molar-refractivity contribution in [3.05, 3.63) is 88.3 Å². The fraction of sp³-hybridized carbons (Fsp3) is 0. The molecule has 3 aromatic rings. The van der Waals surface area contributed by atoms with Gasteiger partial charge in [-0.15, -0.1) is 0 Å². The summed E-state index contributed by atoms with van der Waals surface area (Å²) in [5, 5.41) is 5.01. The number of nitrogens with one attached hydrogen (secondary N) is 4. The van der Waals surface area contributed by atoms with E-state index in [2.05, 4.69) is 37.4 Å². The zero-order valence-electron chi connectivity index (χ0n) is 15.3. The van der Waals surface area contributed by atoms with Crippen LogP contribution < -0.4 is 21.5 Å². The fourth-order valence-electron chi connectivity index (χ4n) is 2.32. The van der Waals surface area contributed by atoms with Crippen LogP contribution in [0.2, 0.25) is 0 Å². The van der Waals surface area contributed by atoms with E-state index in [1.807, 2.05) is 6.07 Å². The summed E-state index contributed by atoms with van der Waals surface area (Å²) in [6.07, 6.45) is 0. The van der Waals surface area contributed by atoms with Gasteiger partial charge in [-0.1, -0.05) is 18.2 Å². The predicted octanol–water partition coefficient (Wildman–Crippen LogP) is 3.24. The standard InChI is InChI=1S/C20H15BrN4O4S/c21-16-11-10-15(29-16)19(28)23-20(30)25-24-18(27)13-6-8-14(9-7-13)22-17(26)12-4-2-1-3-5-12/h1-11H,(H,22,26)(H,24,27)(H2,23,25,28,30). The molecule has 0 saturated carbocycles. The second-order valence-corrected chi connectivity index (χ2v) is 7.05. The Kier molecular flexibility index (Phi) is 6.94. The second-order valence-electron chi connectivity index (χ2n) is 5.86. The number of carbonyl (C=O) groups is 3. The Labute approximate surface area is 185 Å². The molecular weight excluding hydrogens is 472 g/mol. The molecule has 0 bridgehead atoms. The van der Waals surface area contributed by atoms with E-state index < -0.39 is 11.8 Å². The molecule has 8 nitrogen and oxygen atoms in total. The van der Waals surface area contributed by atoms with Crippen molar-refractivity contribution in [2.75, 3.05) is 5.32 Å². The topological polar surface area (TPSA) is 112 Å². The minimum Gasteiger partial charge on any atom is -0.444 e. The SMILES string of the molecule is O=C(NNC(=S)NC(=O)c1ccc(Br)o1)c1ccc(NC(=O)c2ccccc2)cc1. The van der Waals surface area contributed by atoms with E-state index >= 15 is 0 Å². The minimum atomic E-state index is -0.564. The molecule has 4 N–H and O–H groups in total. The third kappa shape index (κ3) is 5.75. The molecule has 2 aromatic carbocycles. The molecule has 3 rings (SSSR count). The molecular formula is C20H15BrN4O4S. The molecule has 30 heavy (non-hydrogen) atoms. The van der Waals surface area contributed by atoms with Gasteiger partial charge in [0, 0.05) is 16.8 Å². The molecule has 3 amide bonds. The summed E-state index contributed by atoms with van der Waals surface area (Å²) in [7, 11) is 0. The molecule has 0 saturated heterocycles. The van der Waals surface area contributed by atoms with Crippen LogP contribution in [-0.4, -0.2) is 22.8 Å². The maximum Gasteiger partial charge on any atom is 0.293 e. The number of halogens is 1. The molecule has 0 unspecified atom stereocenters.